The Labute approximate surface area is 172 Å². The Balaban J connectivity index is 1.23. The topological polar surface area (TPSA) is 48.8 Å². The molecule has 0 N–H and O–H groups in total. The van der Waals surface area contributed by atoms with Crippen molar-refractivity contribution >= 4 is 11.7 Å². The molecule has 6 heteroatoms. The molecule has 29 heavy (non-hydrogen) atoms. The summed E-state index contributed by atoms with van der Waals surface area (Å²) in [4.78, 5) is 32.0. The Bertz CT molecular complexity index is 853. The Morgan fingerprint density at radius 3 is 2.34 bits per heavy atom. The van der Waals surface area contributed by atoms with Gasteiger partial charge in [0, 0.05) is 65.5 Å². The maximum atomic E-state index is 12.8. The molecule has 1 aromatic heterocycles. The van der Waals surface area contributed by atoms with Gasteiger partial charge in [0.05, 0.1) is 11.3 Å². The normalized spacial score (nSPS) is 18.7. The number of piperazine rings is 1. The minimum absolute atomic E-state index is 0.000805. The lowest BCUT2D eigenvalue weighted by molar-refractivity contribution is 0.0741. The van der Waals surface area contributed by atoms with Gasteiger partial charge in [-0.3, -0.25) is 14.5 Å². The molecule has 0 atom stereocenters. The molecule has 0 bridgehead atoms. The molecule has 0 saturated carbocycles. The van der Waals surface area contributed by atoms with E-state index in [1.54, 1.807) is 16.8 Å². The number of aromatic nitrogens is 1. The molecule has 3 heterocycles. The van der Waals surface area contributed by atoms with Gasteiger partial charge in [-0.15, -0.1) is 0 Å². The molecule has 0 spiro atoms. The van der Waals surface area contributed by atoms with Gasteiger partial charge in [-0.25, -0.2) is 0 Å². The Kier molecular flexibility index (Phi) is 6.11. The zero-order valence-electron chi connectivity index (χ0n) is 17.2. The van der Waals surface area contributed by atoms with Crippen molar-refractivity contribution in [1.29, 1.82) is 0 Å². The highest BCUT2D eigenvalue weighted by Crippen LogP contribution is 2.20. The SMILES string of the molecule is Cn1ccc2c1C(=O)CCN(CCCN1CCN(Cc3ccccc3)CC1)C2=O. The minimum Gasteiger partial charge on any atom is -0.348 e. The zero-order chi connectivity index (χ0) is 20.2. The number of benzene rings is 1. The number of Topliss-reactive ketones (excluding diaryl/α,β-unsaturated/α-hetero) is 1. The largest absolute Gasteiger partial charge is 0.348 e. The lowest BCUT2D eigenvalue weighted by Gasteiger charge is -2.35. The number of rotatable bonds is 6. The summed E-state index contributed by atoms with van der Waals surface area (Å²) in [7, 11) is 1.83. The summed E-state index contributed by atoms with van der Waals surface area (Å²) in [6.07, 6.45) is 3.16. The van der Waals surface area contributed by atoms with Crippen LogP contribution >= 0.6 is 0 Å². The van der Waals surface area contributed by atoms with Crippen molar-refractivity contribution in [2.45, 2.75) is 19.4 Å². The minimum atomic E-state index is -0.000805. The van der Waals surface area contributed by atoms with Crippen molar-refractivity contribution in [2.75, 3.05) is 45.8 Å². The highest BCUT2D eigenvalue weighted by molar-refractivity contribution is 6.08. The average Bonchev–Trinajstić information content (AvgIpc) is 3.08. The highest BCUT2D eigenvalue weighted by atomic mass is 16.2. The van der Waals surface area contributed by atoms with Gasteiger partial charge < -0.3 is 14.4 Å². The third-order valence-electron chi connectivity index (χ3n) is 6.08. The molecule has 0 radical (unpaired) electrons. The van der Waals surface area contributed by atoms with Crippen LogP contribution in [-0.4, -0.2) is 76.8 Å². The summed E-state index contributed by atoms with van der Waals surface area (Å²) < 4.78 is 1.77. The van der Waals surface area contributed by atoms with Crippen LogP contribution in [0.25, 0.3) is 0 Å². The summed E-state index contributed by atoms with van der Waals surface area (Å²) in [5.74, 6) is 0.0667. The second-order valence-electron chi connectivity index (χ2n) is 8.11. The van der Waals surface area contributed by atoms with Crippen molar-refractivity contribution in [1.82, 2.24) is 19.3 Å². The van der Waals surface area contributed by atoms with Gasteiger partial charge in [0.15, 0.2) is 5.78 Å². The van der Waals surface area contributed by atoms with E-state index in [0.717, 1.165) is 45.7 Å². The molecule has 0 aliphatic carbocycles. The lowest BCUT2D eigenvalue weighted by atomic mass is 10.1. The maximum Gasteiger partial charge on any atom is 0.256 e. The Morgan fingerprint density at radius 2 is 1.59 bits per heavy atom. The van der Waals surface area contributed by atoms with E-state index in [-0.39, 0.29) is 11.7 Å². The number of amides is 1. The Morgan fingerprint density at radius 1 is 0.862 bits per heavy atom. The first-order chi connectivity index (χ1) is 14.1. The summed E-state index contributed by atoms with van der Waals surface area (Å²) in [5.41, 5.74) is 2.49. The molecule has 2 aliphatic heterocycles. The number of aryl methyl sites for hydroxylation is 1. The second kappa shape index (κ2) is 8.93. The average molecular weight is 395 g/mol. The fourth-order valence-corrected chi connectivity index (χ4v) is 4.39. The summed E-state index contributed by atoms with van der Waals surface area (Å²) in [6, 6.07) is 12.4. The number of carbonyl (C=O) groups is 2. The first-order valence-corrected chi connectivity index (χ1v) is 10.6. The third-order valence-corrected chi connectivity index (χ3v) is 6.08. The van der Waals surface area contributed by atoms with E-state index in [0.29, 0.717) is 30.8 Å². The number of ketones is 1. The van der Waals surface area contributed by atoms with Crippen molar-refractivity contribution < 1.29 is 9.59 Å². The van der Waals surface area contributed by atoms with Crippen LogP contribution in [0.5, 0.6) is 0 Å². The quantitative estimate of drug-likeness (QED) is 0.754. The van der Waals surface area contributed by atoms with Gasteiger partial charge in [0.1, 0.15) is 0 Å². The molecule has 1 saturated heterocycles. The van der Waals surface area contributed by atoms with Crippen LogP contribution in [0.4, 0.5) is 0 Å². The van der Waals surface area contributed by atoms with Gasteiger partial charge in [-0.1, -0.05) is 30.3 Å². The summed E-state index contributed by atoms with van der Waals surface area (Å²) in [5, 5.41) is 0. The molecule has 1 aromatic carbocycles. The predicted octanol–water partition coefficient (Wildman–Crippen LogP) is 2.26. The first-order valence-electron chi connectivity index (χ1n) is 10.6. The van der Waals surface area contributed by atoms with E-state index in [1.165, 1.54) is 5.56 Å². The van der Waals surface area contributed by atoms with Gasteiger partial charge >= 0.3 is 0 Å². The zero-order valence-corrected chi connectivity index (χ0v) is 17.2. The van der Waals surface area contributed by atoms with Crippen LogP contribution in [0.15, 0.2) is 42.6 Å². The molecule has 4 rings (SSSR count). The molecule has 6 nitrogen and oxygen atoms in total. The number of nitrogens with zero attached hydrogens (tertiary/aromatic N) is 4. The Hall–Kier alpha value is -2.44. The van der Waals surface area contributed by atoms with Crippen molar-refractivity contribution in [2.24, 2.45) is 7.05 Å². The second-order valence-corrected chi connectivity index (χ2v) is 8.11. The smallest absolute Gasteiger partial charge is 0.256 e. The van der Waals surface area contributed by atoms with Gasteiger partial charge in [-0.2, -0.15) is 0 Å². The molecular formula is C23H30N4O2. The number of carbonyl (C=O) groups excluding carboxylic acids is 2. The van der Waals surface area contributed by atoms with E-state index in [9.17, 15) is 9.59 Å². The van der Waals surface area contributed by atoms with Gasteiger partial charge in [-0.05, 0) is 24.6 Å². The van der Waals surface area contributed by atoms with E-state index in [2.05, 4.69) is 40.1 Å². The summed E-state index contributed by atoms with van der Waals surface area (Å²) >= 11 is 0. The number of hydrogen-bond donors (Lipinski definition) is 0. The van der Waals surface area contributed by atoms with Crippen LogP contribution in [-0.2, 0) is 13.6 Å². The molecular weight excluding hydrogens is 364 g/mol. The van der Waals surface area contributed by atoms with E-state index in [4.69, 9.17) is 0 Å². The maximum absolute atomic E-state index is 12.8. The van der Waals surface area contributed by atoms with E-state index >= 15 is 0 Å². The highest BCUT2D eigenvalue weighted by Gasteiger charge is 2.29. The van der Waals surface area contributed by atoms with Crippen molar-refractivity contribution in [3.63, 3.8) is 0 Å². The van der Waals surface area contributed by atoms with Crippen LogP contribution in [0, 0.1) is 0 Å². The predicted molar refractivity (Wildman–Crippen MR) is 113 cm³/mol. The van der Waals surface area contributed by atoms with Gasteiger partial charge in [0.25, 0.3) is 5.91 Å². The van der Waals surface area contributed by atoms with Crippen LogP contribution in [0.1, 0.15) is 39.3 Å². The van der Waals surface area contributed by atoms with Crippen LogP contribution in [0.3, 0.4) is 0 Å². The van der Waals surface area contributed by atoms with E-state index in [1.807, 2.05) is 11.9 Å². The molecule has 0 unspecified atom stereocenters. The van der Waals surface area contributed by atoms with Crippen LogP contribution < -0.4 is 0 Å². The fourth-order valence-electron chi connectivity index (χ4n) is 4.39. The summed E-state index contributed by atoms with van der Waals surface area (Å²) in [6.45, 7) is 7.56. The number of hydrogen-bond acceptors (Lipinski definition) is 4. The van der Waals surface area contributed by atoms with Crippen LogP contribution in [0.2, 0.25) is 0 Å². The molecule has 154 valence electrons. The van der Waals surface area contributed by atoms with Crippen molar-refractivity contribution in [3.8, 4) is 0 Å². The van der Waals surface area contributed by atoms with Crippen molar-refractivity contribution in [3.05, 3.63) is 59.4 Å². The standard InChI is InChI=1S/C23H30N4O2/c1-24-12-8-20-22(24)21(28)9-13-27(23(20)29)11-5-10-25-14-16-26(17-15-25)18-19-6-3-2-4-7-19/h2-4,6-8,12H,5,9-11,13-18H2,1H3. The first kappa shape index (κ1) is 19.9. The third kappa shape index (κ3) is 4.60. The van der Waals surface area contributed by atoms with E-state index < -0.39 is 0 Å². The van der Waals surface area contributed by atoms with Gasteiger partial charge in [0.2, 0.25) is 0 Å². The molecule has 2 aromatic rings. The fraction of sp³-hybridized carbons (Fsp3) is 0.478. The molecule has 1 amide bonds. The monoisotopic (exact) mass is 394 g/mol. The molecule has 2 aliphatic rings. The number of fused-ring (bicyclic) bond motifs is 1. The molecule has 1 fully saturated rings. The lowest BCUT2D eigenvalue weighted by Crippen LogP contribution is -2.46.